The number of anilines is 1. The normalized spacial score (nSPS) is 11.2. The molecule has 3 aromatic rings. The molecule has 0 aliphatic carbocycles. The van der Waals surface area contributed by atoms with Crippen LogP contribution in [0.25, 0.3) is 16.7 Å². The molecule has 0 aliphatic rings. The highest BCUT2D eigenvalue weighted by Gasteiger charge is 2.13. The van der Waals surface area contributed by atoms with Crippen molar-refractivity contribution < 1.29 is 0 Å². The lowest BCUT2D eigenvalue weighted by Gasteiger charge is -2.10. The molecule has 0 atom stereocenters. The largest absolute Gasteiger partial charge is 0.399 e. The summed E-state index contributed by atoms with van der Waals surface area (Å²) >= 11 is 12.3. The second-order valence-electron chi connectivity index (χ2n) is 4.99. The number of rotatable bonds is 3. The maximum Gasteiger partial charge on any atom is 0.114 e. The van der Waals surface area contributed by atoms with Gasteiger partial charge in [0, 0.05) is 22.2 Å². The molecule has 108 valence electrons. The number of aromatic nitrogens is 2. The van der Waals surface area contributed by atoms with Crippen LogP contribution in [-0.2, 0) is 6.42 Å². The summed E-state index contributed by atoms with van der Waals surface area (Å²) < 4.78 is 2.09. The molecule has 1 heterocycles. The van der Waals surface area contributed by atoms with Crippen molar-refractivity contribution in [3.63, 3.8) is 0 Å². The molecule has 2 aromatic carbocycles. The number of fused-ring (bicyclic) bond motifs is 1. The molecule has 0 fully saturated rings. The Labute approximate surface area is 133 Å². The van der Waals surface area contributed by atoms with Crippen LogP contribution in [-0.4, -0.2) is 9.55 Å². The smallest absolute Gasteiger partial charge is 0.114 e. The zero-order valence-electron chi connectivity index (χ0n) is 11.6. The molecule has 2 N–H and O–H groups in total. The van der Waals surface area contributed by atoms with Crippen molar-refractivity contribution in [1.29, 1.82) is 0 Å². The van der Waals surface area contributed by atoms with Crippen molar-refractivity contribution in [3.05, 3.63) is 52.3 Å². The zero-order valence-corrected chi connectivity index (χ0v) is 13.1. The van der Waals surface area contributed by atoms with Crippen molar-refractivity contribution in [1.82, 2.24) is 9.55 Å². The number of nitrogen functional groups attached to an aromatic ring is 1. The summed E-state index contributed by atoms with van der Waals surface area (Å²) in [5.74, 6) is 0.983. The number of benzene rings is 2. The quantitative estimate of drug-likeness (QED) is 0.700. The topological polar surface area (TPSA) is 43.8 Å². The number of nitrogens with zero attached hydrogens (tertiary/aromatic N) is 2. The average Bonchev–Trinajstić information content (AvgIpc) is 2.75. The van der Waals surface area contributed by atoms with Gasteiger partial charge >= 0.3 is 0 Å². The highest BCUT2D eigenvalue weighted by atomic mass is 35.5. The van der Waals surface area contributed by atoms with Crippen LogP contribution in [0.2, 0.25) is 10.0 Å². The molecule has 3 rings (SSSR count). The molecule has 5 heteroatoms. The number of halogens is 2. The molecule has 0 bridgehead atoms. The molecular formula is C16H15Cl2N3. The summed E-state index contributed by atoms with van der Waals surface area (Å²) in [5.41, 5.74) is 9.37. The number of imidazole rings is 1. The van der Waals surface area contributed by atoms with E-state index in [1.54, 1.807) is 6.07 Å². The van der Waals surface area contributed by atoms with E-state index in [1.807, 2.05) is 30.3 Å². The Morgan fingerprint density at radius 1 is 1.10 bits per heavy atom. The van der Waals surface area contributed by atoms with E-state index in [-0.39, 0.29) is 0 Å². The first-order valence-corrected chi connectivity index (χ1v) is 7.57. The van der Waals surface area contributed by atoms with Gasteiger partial charge in [-0.25, -0.2) is 4.98 Å². The number of hydrogen-bond acceptors (Lipinski definition) is 2. The fourth-order valence-electron chi connectivity index (χ4n) is 2.49. The first-order chi connectivity index (χ1) is 10.1. The van der Waals surface area contributed by atoms with Gasteiger partial charge in [-0.1, -0.05) is 30.1 Å². The van der Waals surface area contributed by atoms with Crippen LogP contribution in [0.5, 0.6) is 0 Å². The van der Waals surface area contributed by atoms with Crippen LogP contribution < -0.4 is 5.73 Å². The number of hydrogen-bond donors (Lipinski definition) is 1. The molecule has 0 unspecified atom stereocenters. The lowest BCUT2D eigenvalue weighted by molar-refractivity contribution is 0.818. The van der Waals surface area contributed by atoms with Crippen molar-refractivity contribution in [2.45, 2.75) is 19.8 Å². The molecular weight excluding hydrogens is 305 g/mol. The second kappa shape index (κ2) is 5.58. The number of nitrogens with two attached hydrogens (primary N) is 1. The van der Waals surface area contributed by atoms with Crippen molar-refractivity contribution >= 4 is 39.9 Å². The summed E-state index contributed by atoms with van der Waals surface area (Å²) in [4.78, 5) is 4.70. The standard InChI is InChI=1S/C16H15Cl2N3/c1-2-3-16-20-14-9-12(19)4-5-15(14)21(16)13-7-10(17)6-11(18)8-13/h4-9H,2-3,19H2,1H3. The van der Waals surface area contributed by atoms with E-state index in [2.05, 4.69) is 11.5 Å². The Balaban J connectivity index is 2.30. The minimum Gasteiger partial charge on any atom is -0.399 e. The van der Waals surface area contributed by atoms with Gasteiger partial charge in [-0.05, 0) is 42.8 Å². The van der Waals surface area contributed by atoms with Gasteiger partial charge in [-0.15, -0.1) is 0 Å². The van der Waals surface area contributed by atoms with Gasteiger partial charge in [-0.2, -0.15) is 0 Å². The predicted molar refractivity (Wildman–Crippen MR) is 89.5 cm³/mol. The van der Waals surface area contributed by atoms with Gasteiger partial charge in [0.2, 0.25) is 0 Å². The lowest BCUT2D eigenvalue weighted by atomic mass is 10.2. The fraction of sp³-hybridized carbons (Fsp3) is 0.188. The van der Waals surface area contributed by atoms with Crippen LogP contribution in [0.4, 0.5) is 5.69 Å². The summed E-state index contributed by atoms with van der Waals surface area (Å²) in [7, 11) is 0. The fourth-order valence-corrected chi connectivity index (χ4v) is 3.01. The van der Waals surface area contributed by atoms with Crippen LogP contribution in [0.1, 0.15) is 19.2 Å². The van der Waals surface area contributed by atoms with E-state index >= 15 is 0 Å². The summed E-state index contributed by atoms with van der Waals surface area (Å²) in [5, 5.41) is 1.22. The third-order valence-corrected chi connectivity index (χ3v) is 3.76. The maximum atomic E-state index is 6.13. The SMILES string of the molecule is CCCc1nc2cc(N)ccc2n1-c1cc(Cl)cc(Cl)c1. The summed E-state index contributed by atoms with van der Waals surface area (Å²) in [6, 6.07) is 11.3. The van der Waals surface area contributed by atoms with Crippen molar-refractivity contribution in [2.24, 2.45) is 0 Å². The first-order valence-electron chi connectivity index (χ1n) is 6.82. The van der Waals surface area contributed by atoms with Gasteiger partial charge < -0.3 is 5.73 Å². The number of aryl methyl sites for hydroxylation is 1. The Kier molecular flexibility index (Phi) is 3.79. The maximum absolute atomic E-state index is 6.13. The van der Waals surface area contributed by atoms with Crippen LogP contribution >= 0.6 is 23.2 Å². The molecule has 3 nitrogen and oxygen atoms in total. The molecule has 21 heavy (non-hydrogen) atoms. The predicted octanol–water partition coefficient (Wildman–Crippen LogP) is 4.87. The molecule has 0 radical (unpaired) electrons. The Bertz CT molecular complexity index is 788. The van der Waals surface area contributed by atoms with E-state index in [0.29, 0.717) is 15.7 Å². The molecule has 0 amide bonds. The highest BCUT2D eigenvalue weighted by Crippen LogP contribution is 2.28. The molecule has 1 aromatic heterocycles. The van der Waals surface area contributed by atoms with Crippen LogP contribution in [0.3, 0.4) is 0 Å². The minimum atomic E-state index is 0.609. The molecule has 0 aliphatic heterocycles. The van der Waals surface area contributed by atoms with Crippen LogP contribution in [0, 0.1) is 0 Å². The van der Waals surface area contributed by atoms with Crippen molar-refractivity contribution in [3.8, 4) is 5.69 Å². The molecule has 0 saturated carbocycles. The van der Waals surface area contributed by atoms with E-state index in [9.17, 15) is 0 Å². The third kappa shape index (κ3) is 2.71. The third-order valence-electron chi connectivity index (χ3n) is 3.33. The monoisotopic (exact) mass is 319 g/mol. The van der Waals surface area contributed by atoms with Gasteiger partial charge in [0.25, 0.3) is 0 Å². The van der Waals surface area contributed by atoms with Crippen LogP contribution in [0.15, 0.2) is 36.4 Å². The highest BCUT2D eigenvalue weighted by molar-refractivity contribution is 6.34. The Hall–Kier alpha value is -1.71. The van der Waals surface area contributed by atoms with Gasteiger partial charge in [-0.3, -0.25) is 4.57 Å². The molecule has 0 spiro atoms. The van der Waals surface area contributed by atoms with Gasteiger partial charge in [0.15, 0.2) is 0 Å². The first kappa shape index (κ1) is 14.2. The minimum absolute atomic E-state index is 0.609. The molecule has 0 saturated heterocycles. The van der Waals surface area contributed by atoms with E-state index in [1.165, 1.54) is 0 Å². The van der Waals surface area contributed by atoms with Gasteiger partial charge in [0.1, 0.15) is 5.82 Å². The van der Waals surface area contributed by atoms with E-state index in [4.69, 9.17) is 33.9 Å². The van der Waals surface area contributed by atoms with Crippen molar-refractivity contribution in [2.75, 3.05) is 5.73 Å². The van der Waals surface area contributed by atoms with E-state index < -0.39 is 0 Å². The summed E-state index contributed by atoms with van der Waals surface area (Å²) in [6.07, 6.45) is 1.88. The average molecular weight is 320 g/mol. The van der Waals surface area contributed by atoms with Gasteiger partial charge in [0.05, 0.1) is 16.7 Å². The lowest BCUT2D eigenvalue weighted by Crippen LogP contribution is -2.01. The zero-order chi connectivity index (χ0) is 15.0. The Morgan fingerprint density at radius 2 is 1.81 bits per heavy atom. The second-order valence-corrected chi connectivity index (χ2v) is 5.86. The van der Waals surface area contributed by atoms with E-state index in [0.717, 1.165) is 35.4 Å². The Morgan fingerprint density at radius 3 is 2.48 bits per heavy atom. The summed E-state index contributed by atoms with van der Waals surface area (Å²) in [6.45, 7) is 2.13.